The van der Waals surface area contributed by atoms with Gasteiger partial charge < -0.3 is 14.8 Å². The molecule has 1 amide bonds. The van der Waals surface area contributed by atoms with Gasteiger partial charge in [0.2, 0.25) is 0 Å². The van der Waals surface area contributed by atoms with E-state index < -0.39 is 0 Å². The first-order valence-corrected chi connectivity index (χ1v) is 10.8. The Balaban J connectivity index is 1.56. The Morgan fingerprint density at radius 2 is 1.93 bits per heavy atom. The van der Waals surface area contributed by atoms with Gasteiger partial charge in [0.05, 0.1) is 34.5 Å². The maximum absolute atomic E-state index is 12.9. The Bertz CT molecular complexity index is 1290. The first-order chi connectivity index (χ1) is 14.5. The summed E-state index contributed by atoms with van der Waals surface area (Å²) >= 11 is 10.3. The second kappa shape index (κ2) is 8.55. The van der Waals surface area contributed by atoms with Gasteiger partial charge in [0.15, 0.2) is 10.2 Å². The highest BCUT2D eigenvalue weighted by molar-refractivity contribution is 9.10. The summed E-state index contributed by atoms with van der Waals surface area (Å²) in [4.78, 5) is 17.4. The van der Waals surface area contributed by atoms with Gasteiger partial charge in [-0.05, 0) is 63.2 Å². The molecule has 1 aromatic heterocycles. The van der Waals surface area contributed by atoms with Crippen molar-refractivity contribution in [3.05, 3.63) is 58.6 Å². The highest BCUT2D eigenvalue weighted by atomic mass is 79.9. The summed E-state index contributed by atoms with van der Waals surface area (Å²) in [5.41, 5.74) is 1.19. The highest BCUT2D eigenvalue weighted by Gasteiger charge is 2.19. The second-order valence-corrected chi connectivity index (χ2v) is 8.49. The van der Waals surface area contributed by atoms with Crippen LogP contribution in [0.5, 0.6) is 11.5 Å². The largest absolute Gasteiger partial charge is 0.497 e. The number of benzene rings is 3. The third-order valence-electron chi connectivity index (χ3n) is 4.43. The van der Waals surface area contributed by atoms with Crippen molar-refractivity contribution in [2.24, 2.45) is 0 Å². The topological polar surface area (TPSA) is 72.5 Å². The molecule has 1 heterocycles. The van der Waals surface area contributed by atoms with Crippen LogP contribution < -0.4 is 20.1 Å². The van der Waals surface area contributed by atoms with Gasteiger partial charge in [-0.25, -0.2) is 4.98 Å². The Hall–Kier alpha value is -2.75. The zero-order valence-electron chi connectivity index (χ0n) is 16.0. The van der Waals surface area contributed by atoms with Crippen molar-refractivity contribution < 1.29 is 14.3 Å². The Labute approximate surface area is 190 Å². The molecule has 0 saturated carbocycles. The molecule has 0 aliphatic carbocycles. The number of halogens is 1. The minimum absolute atomic E-state index is 0.150. The predicted octanol–water partition coefficient (Wildman–Crippen LogP) is 5.36. The summed E-state index contributed by atoms with van der Waals surface area (Å²) in [6.07, 6.45) is 0. The lowest BCUT2D eigenvalue weighted by Gasteiger charge is -2.14. The fourth-order valence-electron chi connectivity index (χ4n) is 3.04. The molecule has 0 radical (unpaired) electrons. The van der Waals surface area contributed by atoms with Gasteiger partial charge >= 0.3 is 0 Å². The van der Waals surface area contributed by atoms with E-state index in [0.29, 0.717) is 20.9 Å². The number of nitrogens with one attached hydrogen (secondary N) is 2. The molecule has 3 aromatic carbocycles. The summed E-state index contributed by atoms with van der Waals surface area (Å²) in [6.45, 7) is 0. The van der Waals surface area contributed by atoms with Crippen molar-refractivity contribution in [3.8, 4) is 11.5 Å². The minimum atomic E-state index is -0.376. The SMILES string of the molecule is COc1ccc2nc(NC(=S)NC(=O)c3cc4ccccc4c(Br)c3OC)sc2c1. The molecule has 0 aliphatic rings. The number of methoxy groups -OCH3 is 2. The standard InChI is InChI=1S/C21H16BrN3O3S2/c1-27-12-7-8-15-16(10-12)30-21(23-15)25-20(29)24-19(26)14-9-11-5-3-4-6-13(11)17(22)18(14)28-2/h3-10H,1-2H3,(H2,23,24,25,26,29). The lowest BCUT2D eigenvalue weighted by molar-refractivity contribution is 0.0975. The summed E-state index contributed by atoms with van der Waals surface area (Å²) < 4.78 is 12.4. The van der Waals surface area contributed by atoms with E-state index in [1.165, 1.54) is 18.4 Å². The Kier molecular flexibility index (Phi) is 5.85. The van der Waals surface area contributed by atoms with Crippen molar-refractivity contribution in [2.75, 3.05) is 19.5 Å². The van der Waals surface area contributed by atoms with Gasteiger partial charge in [-0.1, -0.05) is 35.6 Å². The number of fused-ring (bicyclic) bond motifs is 2. The molecule has 0 bridgehead atoms. The van der Waals surface area contributed by atoms with Gasteiger partial charge in [-0.3, -0.25) is 10.1 Å². The van der Waals surface area contributed by atoms with E-state index in [2.05, 4.69) is 31.5 Å². The normalized spacial score (nSPS) is 10.8. The first-order valence-electron chi connectivity index (χ1n) is 8.82. The average Bonchev–Trinajstić information content (AvgIpc) is 3.14. The maximum Gasteiger partial charge on any atom is 0.261 e. The lowest BCUT2D eigenvalue weighted by Crippen LogP contribution is -2.34. The number of hydrogen-bond acceptors (Lipinski definition) is 6. The van der Waals surface area contributed by atoms with Crippen molar-refractivity contribution in [1.82, 2.24) is 10.3 Å². The molecule has 0 unspecified atom stereocenters. The zero-order valence-corrected chi connectivity index (χ0v) is 19.2. The van der Waals surface area contributed by atoms with Crippen molar-refractivity contribution in [3.63, 3.8) is 0 Å². The monoisotopic (exact) mass is 501 g/mol. The molecule has 4 aromatic rings. The van der Waals surface area contributed by atoms with E-state index >= 15 is 0 Å². The van der Waals surface area contributed by atoms with E-state index in [0.717, 1.165) is 26.7 Å². The average molecular weight is 502 g/mol. The van der Waals surface area contributed by atoms with Gasteiger partial charge in [0.1, 0.15) is 11.5 Å². The maximum atomic E-state index is 12.9. The van der Waals surface area contributed by atoms with Crippen LogP contribution in [0.15, 0.2) is 53.0 Å². The van der Waals surface area contributed by atoms with Crippen molar-refractivity contribution in [1.29, 1.82) is 0 Å². The number of amides is 1. The van der Waals surface area contributed by atoms with Gasteiger partial charge in [-0.15, -0.1) is 0 Å². The molecular formula is C21H16BrN3O3S2. The number of hydrogen-bond donors (Lipinski definition) is 2. The van der Waals surface area contributed by atoms with Crippen LogP contribution >= 0.6 is 39.5 Å². The van der Waals surface area contributed by atoms with Crippen LogP contribution in [0.4, 0.5) is 5.13 Å². The number of nitrogens with zero attached hydrogens (tertiary/aromatic N) is 1. The van der Waals surface area contributed by atoms with Gasteiger partial charge in [-0.2, -0.15) is 0 Å². The quantitative estimate of drug-likeness (QED) is 0.367. The fraction of sp³-hybridized carbons (Fsp3) is 0.0952. The van der Waals surface area contributed by atoms with Crippen LogP contribution in [0.25, 0.3) is 21.0 Å². The van der Waals surface area contributed by atoms with Crippen LogP contribution in [-0.2, 0) is 0 Å². The number of carbonyl (C=O) groups is 1. The Morgan fingerprint density at radius 3 is 2.70 bits per heavy atom. The summed E-state index contributed by atoms with van der Waals surface area (Å²) in [5, 5.41) is 8.27. The molecule has 30 heavy (non-hydrogen) atoms. The number of aromatic nitrogens is 1. The summed E-state index contributed by atoms with van der Waals surface area (Å²) in [7, 11) is 3.14. The van der Waals surface area contributed by atoms with Crippen LogP contribution in [0, 0.1) is 0 Å². The van der Waals surface area contributed by atoms with Gasteiger partial charge in [0.25, 0.3) is 5.91 Å². The van der Waals surface area contributed by atoms with Crippen LogP contribution in [0.2, 0.25) is 0 Å². The van der Waals surface area contributed by atoms with Crippen LogP contribution in [0.1, 0.15) is 10.4 Å². The molecule has 152 valence electrons. The number of rotatable bonds is 4. The number of ether oxygens (including phenoxy) is 2. The zero-order chi connectivity index (χ0) is 21.3. The predicted molar refractivity (Wildman–Crippen MR) is 128 cm³/mol. The van der Waals surface area contributed by atoms with Crippen molar-refractivity contribution >= 4 is 76.6 Å². The molecule has 0 saturated heterocycles. The number of thiazole rings is 1. The van der Waals surface area contributed by atoms with E-state index in [9.17, 15) is 4.79 Å². The Morgan fingerprint density at radius 1 is 1.13 bits per heavy atom. The fourth-order valence-corrected chi connectivity index (χ4v) is 4.93. The van der Waals surface area contributed by atoms with Crippen LogP contribution in [0.3, 0.4) is 0 Å². The number of anilines is 1. The van der Waals surface area contributed by atoms with Gasteiger partial charge in [0, 0.05) is 0 Å². The highest BCUT2D eigenvalue weighted by Crippen LogP contribution is 2.36. The smallest absolute Gasteiger partial charge is 0.261 e. The second-order valence-electron chi connectivity index (χ2n) is 6.25. The number of carbonyl (C=O) groups excluding carboxylic acids is 1. The molecule has 2 N–H and O–H groups in total. The molecule has 4 rings (SSSR count). The molecule has 6 nitrogen and oxygen atoms in total. The third-order valence-corrected chi connectivity index (χ3v) is 6.36. The molecule has 0 spiro atoms. The molecule has 0 aliphatic heterocycles. The van der Waals surface area contributed by atoms with Crippen molar-refractivity contribution in [2.45, 2.75) is 0 Å². The number of thiocarbonyl (C=S) groups is 1. The van der Waals surface area contributed by atoms with Crippen LogP contribution in [-0.4, -0.2) is 30.2 Å². The molecular weight excluding hydrogens is 486 g/mol. The van der Waals surface area contributed by atoms with E-state index in [4.69, 9.17) is 21.7 Å². The molecule has 0 fully saturated rings. The summed E-state index contributed by atoms with van der Waals surface area (Å²) in [6, 6.07) is 15.1. The lowest BCUT2D eigenvalue weighted by atomic mass is 10.1. The molecule has 0 atom stereocenters. The third kappa shape index (κ3) is 3.96. The van der Waals surface area contributed by atoms with E-state index in [1.807, 2.05) is 42.5 Å². The van der Waals surface area contributed by atoms with E-state index in [1.54, 1.807) is 13.2 Å². The molecule has 9 heteroatoms. The minimum Gasteiger partial charge on any atom is -0.497 e. The summed E-state index contributed by atoms with van der Waals surface area (Å²) in [5.74, 6) is 0.822. The van der Waals surface area contributed by atoms with E-state index in [-0.39, 0.29) is 11.0 Å². The first kappa shape index (κ1) is 20.5.